The summed E-state index contributed by atoms with van der Waals surface area (Å²) in [6.07, 6.45) is 0.740. The number of hydrogen-bond donors (Lipinski definition) is 1. The van der Waals surface area contributed by atoms with Gasteiger partial charge in [0.05, 0.1) is 5.69 Å². The van der Waals surface area contributed by atoms with Gasteiger partial charge in [0, 0.05) is 18.1 Å². The van der Waals surface area contributed by atoms with E-state index in [1.807, 2.05) is 37.3 Å². The molecule has 0 spiro atoms. The Kier molecular flexibility index (Phi) is 2.44. The van der Waals surface area contributed by atoms with Crippen molar-refractivity contribution in [3.05, 3.63) is 52.6 Å². The lowest BCUT2D eigenvalue weighted by molar-refractivity contribution is 0.855. The molecule has 0 fully saturated rings. The van der Waals surface area contributed by atoms with Crippen molar-refractivity contribution in [1.82, 2.24) is 19.6 Å². The molecule has 0 bridgehead atoms. The molecule has 5 nitrogen and oxygen atoms in total. The van der Waals surface area contributed by atoms with Gasteiger partial charge in [-0.05, 0) is 0 Å². The maximum atomic E-state index is 12.0. The molecule has 1 aromatic carbocycles. The highest BCUT2D eigenvalue weighted by molar-refractivity contribution is 5.60. The number of hydrogen-bond acceptors (Lipinski definition) is 3. The van der Waals surface area contributed by atoms with Crippen molar-refractivity contribution in [3.8, 4) is 11.3 Å². The molecule has 3 rings (SSSR count). The highest BCUT2D eigenvalue weighted by Gasteiger charge is 2.07. The van der Waals surface area contributed by atoms with E-state index in [9.17, 15) is 4.79 Å². The number of rotatable bonds is 2. The molecule has 5 heteroatoms. The third kappa shape index (κ3) is 1.69. The monoisotopic (exact) mass is 240 g/mol. The normalized spacial score (nSPS) is 10.9. The van der Waals surface area contributed by atoms with Gasteiger partial charge in [-0.15, -0.1) is 0 Å². The average Bonchev–Trinajstić information content (AvgIpc) is 2.83. The van der Waals surface area contributed by atoms with Crippen molar-refractivity contribution in [3.63, 3.8) is 0 Å². The van der Waals surface area contributed by atoms with E-state index in [0.29, 0.717) is 11.5 Å². The lowest BCUT2D eigenvalue weighted by Crippen LogP contribution is -2.14. The zero-order valence-electron chi connectivity index (χ0n) is 9.92. The summed E-state index contributed by atoms with van der Waals surface area (Å²) < 4.78 is 1.37. The fourth-order valence-electron chi connectivity index (χ4n) is 1.84. The lowest BCUT2D eigenvalue weighted by atomic mass is 10.1. The van der Waals surface area contributed by atoms with E-state index in [-0.39, 0.29) is 5.56 Å². The van der Waals surface area contributed by atoms with Crippen molar-refractivity contribution in [2.45, 2.75) is 13.3 Å². The maximum absolute atomic E-state index is 12.0. The molecule has 0 atom stereocenters. The van der Waals surface area contributed by atoms with E-state index in [0.717, 1.165) is 17.8 Å². The number of nitrogens with zero attached hydrogens (tertiary/aromatic N) is 3. The van der Waals surface area contributed by atoms with Crippen LogP contribution in [0, 0.1) is 0 Å². The summed E-state index contributed by atoms with van der Waals surface area (Å²) in [6.45, 7) is 1.97. The maximum Gasteiger partial charge on any atom is 0.274 e. The molecule has 1 N–H and O–H groups in total. The van der Waals surface area contributed by atoms with Crippen LogP contribution in [0.4, 0.5) is 0 Å². The predicted octanol–water partition coefficient (Wildman–Crippen LogP) is 1.65. The standard InChI is InChI=1S/C13H12N4O/c1-2-11-15-13-14-10(8-12(18)17(13)16-11)9-6-4-3-5-7-9/h3-8H,2H2,1H3,(H,14,15,16). The largest absolute Gasteiger partial charge is 0.275 e. The summed E-state index contributed by atoms with van der Waals surface area (Å²) >= 11 is 0. The zero-order valence-corrected chi connectivity index (χ0v) is 9.92. The van der Waals surface area contributed by atoms with E-state index in [4.69, 9.17) is 0 Å². The summed E-state index contributed by atoms with van der Waals surface area (Å²) in [6, 6.07) is 11.1. The Hall–Kier alpha value is -2.43. The van der Waals surface area contributed by atoms with Crippen LogP contribution in [-0.4, -0.2) is 19.6 Å². The number of H-pyrrole nitrogens is 1. The zero-order chi connectivity index (χ0) is 12.5. The fraction of sp³-hybridized carbons (Fsp3) is 0.154. The molecule has 3 aromatic rings. The summed E-state index contributed by atoms with van der Waals surface area (Å²) in [4.78, 5) is 20.6. The van der Waals surface area contributed by atoms with Crippen molar-refractivity contribution in [2.75, 3.05) is 0 Å². The van der Waals surface area contributed by atoms with Crippen LogP contribution in [0.25, 0.3) is 17.0 Å². The van der Waals surface area contributed by atoms with Crippen LogP contribution in [0.15, 0.2) is 41.2 Å². The van der Waals surface area contributed by atoms with Gasteiger partial charge in [-0.3, -0.25) is 9.89 Å². The van der Waals surface area contributed by atoms with Crippen LogP contribution in [0.1, 0.15) is 12.7 Å². The molecule has 0 unspecified atom stereocenters. The van der Waals surface area contributed by atoms with Gasteiger partial charge < -0.3 is 0 Å². The van der Waals surface area contributed by atoms with Gasteiger partial charge in [0.15, 0.2) is 0 Å². The van der Waals surface area contributed by atoms with Crippen LogP contribution in [0.3, 0.4) is 0 Å². The summed E-state index contributed by atoms with van der Waals surface area (Å²) in [7, 11) is 0. The average molecular weight is 240 g/mol. The number of benzene rings is 1. The molecule has 2 heterocycles. The first-order valence-corrected chi connectivity index (χ1v) is 5.82. The topological polar surface area (TPSA) is 63.1 Å². The van der Waals surface area contributed by atoms with Gasteiger partial charge in [-0.1, -0.05) is 37.3 Å². The molecule has 90 valence electrons. The van der Waals surface area contributed by atoms with Crippen molar-refractivity contribution in [2.24, 2.45) is 0 Å². The van der Waals surface area contributed by atoms with E-state index in [1.165, 1.54) is 10.6 Å². The molecule has 0 saturated heterocycles. The summed E-state index contributed by atoms with van der Waals surface area (Å²) in [5.74, 6) is 1.17. The Bertz CT molecular complexity index is 743. The summed E-state index contributed by atoms with van der Waals surface area (Å²) in [5.41, 5.74) is 1.42. The van der Waals surface area contributed by atoms with Gasteiger partial charge in [-0.2, -0.15) is 9.50 Å². The number of aromatic nitrogens is 4. The predicted molar refractivity (Wildman–Crippen MR) is 68.4 cm³/mol. The van der Waals surface area contributed by atoms with Crippen molar-refractivity contribution < 1.29 is 0 Å². The highest BCUT2D eigenvalue weighted by atomic mass is 16.1. The van der Waals surface area contributed by atoms with Crippen LogP contribution in [0.5, 0.6) is 0 Å². The molecule has 0 aliphatic rings. The Labute approximate surface area is 103 Å². The number of aryl methyl sites for hydroxylation is 1. The first-order valence-electron chi connectivity index (χ1n) is 5.82. The number of aromatic amines is 1. The van der Waals surface area contributed by atoms with E-state index in [1.54, 1.807) is 0 Å². The molecule has 2 aromatic heterocycles. The van der Waals surface area contributed by atoms with Crippen LogP contribution in [0.2, 0.25) is 0 Å². The van der Waals surface area contributed by atoms with Crippen LogP contribution in [-0.2, 0) is 6.42 Å². The molecule has 0 radical (unpaired) electrons. The van der Waals surface area contributed by atoms with Crippen molar-refractivity contribution >= 4 is 5.78 Å². The molecule has 0 aliphatic heterocycles. The Morgan fingerprint density at radius 1 is 1.22 bits per heavy atom. The number of nitrogens with one attached hydrogen (secondary N) is 1. The number of fused-ring (bicyclic) bond motifs is 1. The molecular weight excluding hydrogens is 228 g/mol. The fourth-order valence-corrected chi connectivity index (χ4v) is 1.84. The van der Waals surface area contributed by atoms with E-state index in [2.05, 4.69) is 15.1 Å². The van der Waals surface area contributed by atoms with Gasteiger partial charge in [0.2, 0.25) is 0 Å². The summed E-state index contributed by atoms with van der Waals surface area (Å²) in [5, 5.41) is 2.92. The van der Waals surface area contributed by atoms with E-state index < -0.39 is 0 Å². The second-order valence-electron chi connectivity index (χ2n) is 4.00. The molecular formula is C13H12N4O. The SMILES string of the molecule is CCc1nc2nc(-c3ccccc3)cc(=O)n2[nH]1. The second kappa shape index (κ2) is 4.10. The van der Waals surface area contributed by atoms with Gasteiger partial charge >= 0.3 is 0 Å². The minimum atomic E-state index is -0.147. The highest BCUT2D eigenvalue weighted by Crippen LogP contribution is 2.14. The van der Waals surface area contributed by atoms with E-state index >= 15 is 0 Å². The minimum absolute atomic E-state index is 0.147. The first kappa shape index (κ1) is 10.7. The van der Waals surface area contributed by atoms with Crippen LogP contribution >= 0.6 is 0 Å². The second-order valence-corrected chi connectivity index (χ2v) is 4.00. The molecule has 0 aliphatic carbocycles. The smallest absolute Gasteiger partial charge is 0.274 e. The third-order valence-electron chi connectivity index (χ3n) is 2.78. The molecule has 0 saturated carbocycles. The van der Waals surface area contributed by atoms with Gasteiger partial charge in [0.1, 0.15) is 5.82 Å². The molecule has 18 heavy (non-hydrogen) atoms. The third-order valence-corrected chi connectivity index (χ3v) is 2.78. The minimum Gasteiger partial charge on any atom is -0.275 e. The molecule has 0 amide bonds. The Morgan fingerprint density at radius 3 is 2.72 bits per heavy atom. The Balaban J connectivity index is 2.24. The lowest BCUT2D eigenvalue weighted by Gasteiger charge is -1.99. The Morgan fingerprint density at radius 2 is 2.00 bits per heavy atom. The van der Waals surface area contributed by atoms with Crippen molar-refractivity contribution in [1.29, 1.82) is 0 Å². The van der Waals surface area contributed by atoms with Gasteiger partial charge in [-0.25, -0.2) is 4.98 Å². The first-order chi connectivity index (χ1) is 8.78. The van der Waals surface area contributed by atoms with Crippen LogP contribution < -0.4 is 5.56 Å². The quantitative estimate of drug-likeness (QED) is 0.740. The van der Waals surface area contributed by atoms with Gasteiger partial charge in [0.25, 0.3) is 11.3 Å².